The number of Topliss-reactive ketones (excluding diaryl/α,β-unsaturated/α-hetero) is 1. The van der Waals surface area contributed by atoms with Crippen LogP contribution in [0.4, 0.5) is 0 Å². The number of ketones is 1. The molecule has 3 aliphatic rings. The van der Waals surface area contributed by atoms with Crippen LogP contribution in [-0.4, -0.2) is 5.78 Å². The van der Waals surface area contributed by atoms with Crippen molar-refractivity contribution in [2.45, 2.75) is 31.6 Å². The molecular weight excluding hydrogens is 326 g/mol. The SMILES string of the molecule is CC1=C[C@]2(C)CC(=O)[C@H]1c1c(Cl)c(Cl)c(Cl)c(Cl)c12. The summed E-state index contributed by atoms with van der Waals surface area (Å²) in [6.07, 6.45) is 2.52. The van der Waals surface area contributed by atoms with Crippen LogP contribution in [0.2, 0.25) is 20.1 Å². The van der Waals surface area contributed by atoms with Crippen LogP contribution in [0.25, 0.3) is 0 Å². The van der Waals surface area contributed by atoms with Gasteiger partial charge in [-0.05, 0) is 18.1 Å². The minimum atomic E-state index is -0.444. The Morgan fingerprint density at radius 3 is 2.26 bits per heavy atom. The van der Waals surface area contributed by atoms with Gasteiger partial charge in [-0.25, -0.2) is 0 Å². The van der Waals surface area contributed by atoms with Gasteiger partial charge in [0.05, 0.1) is 26.0 Å². The van der Waals surface area contributed by atoms with Crippen LogP contribution in [0.15, 0.2) is 11.6 Å². The molecule has 0 spiro atoms. The number of hydrogen-bond donors (Lipinski definition) is 0. The standard InChI is InChI=1S/C14H10Cl4O/c1-5-3-14(2)4-6(19)7(5)8-9(14)11(16)13(18)12(17)10(8)15/h3,7H,4H2,1-2H3/t7-,14+/m0/s1. The number of rotatable bonds is 0. The van der Waals surface area contributed by atoms with E-state index in [-0.39, 0.29) is 21.7 Å². The molecule has 5 heteroatoms. The van der Waals surface area contributed by atoms with Crippen molar-refractivity contribution in [3.8, 4) is 0 Å². The van der Waals surface area contributed by atoms with Crippen LogP contribution in [0.1, 0.15) is 37.3 Å². The van der Waals surface area contributed by atoms with E-state index in [1.807, 2.05) is 13.8 Å². The molecule has 0 heterocycles. The fraction of sp³-hybridized carbons (Fsp3) is 0.357. The highest BCUT2D eigenvalue weighted by Gasteiger charge is 2.48. The molecule has 0 saturated carbocycles. The molecular formula is C14H10Cl4O. The van der Waals surface area contributed by atoms with Gasteiger partial charge in [-0.15, -0.1) is 0 Å². The third kappa shape index (κ3) is 1.65. The Kier molecular flexibility index (Phi) is 3.00. The Hall–Kier alpha value is -0.210. The van der Waals surface area contributed by atoms with Gasteiger partial charge in [-0.1, -0.05) is 65.0 Å². The first kappa shape index (κ1) is 13.8. The molecule has 1 aromatic carbocycles. The van der Waals surface area contributed by atoms with Gasteiger partial charge in [-0.3, -0.25) is 4.79 Å². The topological polar surface area (TPSA) is 17.1 Å². The summed E-state index contributed by atoms with van der Waals surface area (Å²) in [6, 6.07) is 0. The molecule has 0 fully saturated rings. The highest BCUT2D eigenvalue weighted by atomic mass is 35.5. The van der Waals surface area contributed by atoms with Crippen LogP contribution in [0.3, 0.4) is 0 Å². The van der Waals surface area contributed by atoms with E-state index in [0.717, 1.165) is 16.7 Å². The molecule has 19 heavy (non-hydrogen) atoms. The number of hydrogen-bond acceptors (Lipinski definition) is 1. The lowest BCUT2D eigenvalue weighted by Gasteiger charge is -2.44. The predicted octanol–water partition coefficient (Wildman–Crippen LogP) is 5.57. The fourth-order valence-electron chi connectivity index (χ4n) is 3.38. The zero-order valence-corrected chi connectivity index (χ0v) is 13.3. The van der Waals surface area contributed by atoms with E-state index in [1.54, 1.807) is 0 Å². The summed E-state index contributed by atoms with van der Waals surface area (Å²) < 4.78 is 0. The van der Waals surface area contributed by atoms with Crippen LogP contribution < -0.4 is 0 Å². The van der Waals surface area contributed by atoms with Crippen molar-refractivity contribution in [2.75, 3.05) is 0 Å². The molecule has 0 unspecified atom stereocenters. The Balaban J connectivity index is 2.47. The number of carbonyl (C=O) groups excluding carboxylic acids is 1. The molecule has 100 valence electrons. The number of fused-ring (bicyclic) bond motifs is 1. The normalized spacial score (nSPS) is 28.4. The van der Waals surface area contributed by atoms with Crippen molar-refractivity contribution in [3.05, 3.63) is 42.9 Å². The van der Waals surface area contributed by atoms with Crippen LogP contribution in [0, 0.1) is 0 Å². The van der Waals surface area contributed by atoms with Crippen molar-refractivity contribution >= 4 is 52.2 Å². The third-order valence-electron chi connectivity index (χ3n) is 4.03. The van der Waals surface area contributed by atoms with E-state index in [2.05, 4.69) is 6.08 Å². The van der Waals surface area contributed by atoms with Gasteiger partial charge in [0.2, 0.25) is 0 Å². The van der Waals surface area contributed by atoms with Crippen LogP contribution in [0.5, 0.6) is 0 Å². The highest BCUT2D eigenvalue weighted by molar-refractivity contribution is 6.52. The zero-order valence-electron chi connectivity index (χ0n) is 10.3. The number of allylic oxidation sites excluding steroid dienone is 2. The van der Waals surface area contributed by atoms with Crippen molar-refractivity contribution in [1.29, 1.82) is 0 Å². The quantitative estimate of drug-likeness (QED) is 0.344. The first-order valence-corrected chi connectivity index (χ1v) is 7.37. The maximum absolute atomic E-state index is 12.3. The van der Waals surface area contributed by atoms with E-state index in [9.17, 15) is 4.79 Å². The number of carbonyl (C=O) groups is 1. The highest BCUT2D eigenvalue weighted by Crippen LogP contribution is 2.57. The summed E-state index contributed by atoms with van der Waals surface area (Å²) >= 11 is 24.9. The molecule has 0 radical (unpaired) electrons. The number of halogens is 4. The average Bonchev–Trinajstić information content (AvgIpc) is 2.31. The van der Waals surface area contributed by atoms with Gasteiger partial charge in [0.25, 0.3) is 0 Å². The fourth-order valence-corrected chi connectivity index (χ4v) is 4.57. The van der Waals surface area contributed by atoms with Crippen LogP contribution >= 0.6 is 46.4 Å². The van der Waals surface area contributed by atoms with E-state index in [0.29, 0.717) is 16.5 Å². The molecule has 2 bridgehead atoms. The molecule has 1 aromatic rings. The van der Waals surface area contributed by atoms with E-state index in [4.69, 9.17) is 46.4 Å². The second-order valence-electron chi connectivity index (χ2n) is 5.43. The molecule has 1 nitrogen and oxygen atoms in total. The van der Waals surface area contributed by atoms with Gasteiger partial charge in [0, 0.05) is 11.8 Å². The summed E-state index contributed by atoms with van der Waals surface area (Å²) in [7, 11) is 0. The molecule has 0 aliphatic heterocycles. The summed E-state index contributed by atoms with van der Waals surface area (Å²) in [5.74, 6) is -0.178. The maximum Gasteiger partial charge on any atom is 0.145 e. The van der Waals surface area contributed by atoms with E-state index >= 15 is 0 Å². The van der Waals surface area contributed by atoms with Crippen molar-refractivity contribution in [2.24, 2.45) is 0 Å². The molecule has 0 amide bonds. The molecule has 0 saturated heterocycles. The molecule has 0 N–H and O–H groups in total. The first-order chi connectivity index (χ1) is 8.78. The van der Waals surface area contributed by atoms with Gasteiger partial charge < -0.3 is 0 Å². The number of benzene rings is 1. The molecule has 2 atom stereocenters. The first-order valence-electron chi connectivity index (χ1n) is 5.86. The average molecular weight is 336 g/mol. The second-order valence-corrected chi connectivity index (χ2v) is 6.94. The zero-order chi connectivity index (χ0) is 14.1. The van der Waals surface area contributed by atoms with Crippen molar-refractivity contribution in [1.82, 2.24) is 0 Å². The second kappa shape index (κ2) is 4.14. The summed E-state index contributed by atoms with van der Waals surface area (Å²) in [5.41, 5.74) is 2.14. The summed E-state index contributed by atoms with van der Waals surface area (Å²) in [4.78, 5) is 12.3. The minimum Gasteiger partial charge on any atom is -0.299 e. The maximum atomic E-state index is 12.3. The van der Waals surface area contributed by atoms with Gasteiger partial charge >= 0.3 is 0 Å². The smallest absolute Gasteiger partial charge is 0.145 e. The molecule has 0 aromatic heterocycles. The predicted molar refractivity (Wildman–Crippen MR) is 80.0 cm³/mol. The Morgan fingerprint density at radius 2 is 1.68 bits per heavy atom. The Bertz CT molecular complexity index is 662. The molecule has 4 rings (SSSR count). The summed E-state index contributed by atoms with van der Waals surface area (Å²) in [6.45, 7) is 3.92. The molecule has 3 aliphatic carbocycles. The van der Waals surface area contributed by atoms with Crippen molar-refractivity contribution < 1.29 is 4.79 Å². The van der Waals surface area contributed by atoms with Gasteiger partial charge in [0.15, 0.2) is 0 Å². The largest absolute Gasteiger partial charge is 0.299 e. The van der Waals surface area contributed by atoms with Crippen LogP contribution in [-0.2, 0) is 10.2 Å². The Labute approximate surface area is 131 Å². The Morgan fingerprint density at radius 1 is 1.11 bits per heavy atom. The third-order valence-corrected chi connectivity index (χ3v) is 5.84. The summed E-state index contributed by atoms with van der Waals surface area (Å²) in [5, 5.41) is 1.25. The van der Waals surface area contributed by atoms with Gasteiger partial charge in [-0.2, -0.15) is 0 Å². The lowest BCUT2D eigenvalue weighted by Crippen LogP contribution is -2.40. The lowest BCUT2D eigenvalue weighted by molar-refractivity contribution is -0.121. The monoisotopic (exact) mass is 334 g/mol. The van der Waals surface area contributed by atoms with Gasteiger partial charge in [0.1, 0.15) is 5.78 Å². The minimum absolute atomic E-state index is 0.159. The lowest BCUT2D eigenvalue weighted by atomic mass is 9.60. The van der Waals surface area contributed by atoms with E-state index < -0.39 is 5.41 Å². The van der Waals surface area contributed by atoms with Crippen molar-refractivity contribution in [3.63, 3.8) is 0 Å². The van der Waals surface area contributed by atoms with E-state index in [1.165, 1.54) is 0 Å².